The molecule has 29 heavy (non-hydrogen) atoms. The monoisotopic (exact) mass is 394 g/mol. The first-order chi connectivity index (χ1) is 13.7. The molecule has 0 saturated carbocycles. The first-order valence-corrected chi connectivity index (χ1v) is 11.4. The number of aryl methyl sites for hydroxylation is 1. The fourth-order valence-electron chi connectivity index (χ4n) is 4.36. The van der Waals surface area contributed by atoms with Gasteiger partial charge in [0.05, 0.1) is 0 Å². The van der Waals surface area contributed by atoms with Crippen molar-refractivity contribution in [3.8, 4) is 5.75 Å². The molecule has 0 bridgehead atoms. The van der Waals surface area contributed by atoms with E-state index in [9.17, 15) is 0 Å². The van der Waals surface area contributed by atoms with Crippen molar-refractivity contribution in [1.82, 2.24) is 0 Å². The number of ether oxygens (including phenoxy) is 1. The second-order valence-corrected chi connectivity index (χ2v) is 9.65. The number of benzene rings is 1. The Morgan fingerprint density at radius 1 is 1.00 bits per heavy atom. The topological polar surface area (TPSA) is 9.23 Å². The maximum Gasteiger partial charge on any atom is 0.126 e. The number of fused-ring (bicyclic) bond motifs is 1. The van der Waals surface area contributed by atoms with Crippen molar-refractivity contribution >= 4 is 0 Å². The number of rotatable bonds is 9. The summed E-state index contributed by atoms with van der Waals surface area (Å²) in [6.07, 6.45) is 15.1. The summed E-state index contributed by atoms with van der Waals surface area (Å²) in [5, 5.41) is 0. The molecular weight excluding hydrogens is 352 g/mol. The Morgan fingerprint density at radius 3 is 2.28 bits per heavy atom. The molecule has 1 nitrogen and oxygen atoms in total. The lowest BCUT2D eigenvalue weighted by Gasteiger charge is -2.39. The van der Waals surface area contributed by atoms with E-state index in [-0.39, 0.29) is 5.60 Å². The molecule has 0 amide bonds. The summed E-state index contributed by atoms with van der Waals surface area (Å²) in [5.41, 5.74) is 7.01. The minimum absolute atomic E-state index is 0.0588. The summed E-state index contributed by atoms with van der Waals surface area (Å²) in [4.78, 5) is 0. The molecule has 0 radical (unpaired) electrons. The fourth-order valence-corrected chi connectivity index (χ4v) is 4.36. The third-order valence-electron chi connectivity index (χ3n) is 6.15. The van der Waals surface area contributed by atoms with Crippen LogP contribution in [0.15, 0.2) is 53.1 Å². The molecule has 1 heteroatoms. The van der Waals surface area contributed by atoms with Crippen LogP contribution in [0.1, 0.15) is 104 Å². The molecule has 160 valence electrons. The van der Waals surface area contributed by atoms with Gasteiger partial charge < -0.3 is 4.74 Å². The molecule has 0 N–H and O–H groups in total. The van der Waals surface area contributed by atoms with Crippen molar-refractivity contribution in [2.75, 3.05) is 0 Å². The van der Waals surface area contributed by atoms with Crippen LogP contribution in [0.2, 0.25) is 0 Å². The number of para-hydroxylation sites is 1. The molecule has 2 atom stereocenters. The molecule has 2 unspecified atom stereocenters. The van der Waals surface area contributed by atoms with E-state index in [0.29, 0.717) is 5.92 Å². The van der Waals surface area contributed by atoms with Gasteiger partial charge in [-0.25, -0.2) is 0 Å². The third kappa shape index (κ3) is 7.53. The SMILES string of the molecule is CC(C)=CCCC(C)=CCCC(C)=CCCC1(C)CC(C)c2cccc(C)c2O1. The van der Waals surface area contributed by atoms with Gasteiger partial charge in [-0.15, -0.1) is 0 Å². The highest BCUT2D eigenvalue weighted by Crippen LogP contribution is 2.44. The lowest BCUT2D eigenvalue weighted by atomic mass is 9.81. The zero-order valence-corrected chi connectivity index (χ0v) is 19.9. The summed E-state index contributed by atoms with van der Waals surface area (Å²) in [7, 11) is 0. The average Bonchev–Trinajstić information content (AvgIpc) is 2.62. The van der Waals surface area contributed by atoms with Crippen LogP contribution in [0.4, 0.5) is 0 Å². The Balaban J connectivity index is 1.81. The molecular formula is C28H42O. The number of hydrogen-bond acceptors (Lipinski definition) is 1. The lowest BCUT2D eigenvalue weighted by Crippen LogP contribution is -2.37. The Bertz CT molecular complexity index is 761. The summed E-state index contributed by atoms with van der Waals surface area (Å²) in [6, 6.07) is 6.54. The second kappa shape index (κ2) is 10.9. The molecule has 0 aliphatic carbocycles. The molecule has 1 aromatic rings. The van der Waals surface area contributed by atoms with Gasteiger partial charge >= 0.3 is 0 Å². The van der Waals surface area contributed by atoms with Gasteiger partial charge in [-0.2, -0.15) is 0 Å². The largest absolute Gasteiger partial charge is 0.487 e. The standard InChI is InChI=1S/C28H42O/c1-21(2)12-8-13-22(3)14-9-15-23(4)16-11-19-28(7)20-25(6)26-18-10-17-24(5)27(26)29-28/h10,12,14,16-18,25H,8-9,11,13,15,19-20H2,1-7H3. The van der Waals surface area contributed by atoms with Crippen molar-refractivity contribution in [3.63, 3.8) is 0 Å². The Morgan fingerprint density at radius 2 is 1.62 bits per heavy atom. The van der Waals surface area contributed by atoms with E-state index in [0.717, 1.165) is 37.9 Å². The normalized spacial score (nSPS) is 22.1. The number of hydrogen-bond donors (Lipinski definition) is 0. The molecule has 1 aliphatic rings. The molecule has 0 aromatic heterocycles. The predicted molar refractivity (Wildman–Crippen MR) is 128 cm³/mol. The van der Waals surface area contributed by atoms with Gasteiger partial charge in [0.1, 0.15) is 11.4 Å². The quantitative estimate of drug-likeness (QED) is 0.380. The molecule has 0 saturated heterocycles. The first-order valence-electron chi connectivity index (χ1n) is 11.4. The Hall–Kier alpha value is -1.76. The summed E-state index contributed by atoms with van der Waals surface area (Å²) in [6.45, 7) is 15.7. The van der Waals surface area contributed by atoms with E-state index in [4.69, 9.17) is 4.74 Å². The smallest absolute Gasteiger partial charge is 0.126 e. The van der Waals surface area contributed by atoms with E-state index in [2.05, 4.69) is 84.9 Å². The van der Waals surface area contributed by atoms with Gasteiger partial charge in [-0.3, -0.25) is 0 Å². The molecule has 0 spiro atoms. The van der Waals surface area contributed by atoms with Crippen molar-refractivity contribution in [2.45, 2.75) is 105 Å². The van der Waals surface area contributed by atoms with E-state index in [1.807, 2.05) is 0 Å². The minimum atomic E-state index is -0.0588. The highest BCUT2D eigenvalue weighted by Gasteiger charge is 2.35. The highest BCUT2D eigenvalue weighted by atomic mass is 16.5. The van der Waals surface area contributed by atoms with Crippen molar-refractivity contribution in [1.29, 1.82) is 0 Å². The van der Waals surface area contributed by atoms with Gasteiger partial charge in [-0.05, 0) is 104 Å². The maximum absolute atomic E-state index is 6.53. The van der Waals surface area contributed by atoms with Crippen LogP contribution < -0.4 is 4.74 Å². The summed E-state index contributed by atoms with van der Waals surface area (Å²) in [5.74, 6) is 1.69. The van der Waals surface area contributed by atoms with Crippen LogP contribution in [0.3, 0.4) is 0 Å². The van der Waals surface area contributed by atoms with E-state index in [1.54, 1.807) is 0 Å². The highest BCUT2D eigenvalue weighted by molar-refractivity contribution is 5.44. The van der Waals surface area contributed by atoms with Crippen LogP contribution >= 0.6 is 0 Å². The fraction of sp³-hybridized carbons (Fsp3) is 0.571. The minimum Gasteiger partial charge on any atom is -0.487 e. The second-order valence-electron chi connectivity index (χ2n) is 9.65. The molecule has 2 rings (SSSR count). The molecule has 0 fully saturated rings. The van der Waals surface area contributed by atoms with Gasteiger partial charge in [0.25, 0.3) is 0 Å². The van der Waals surface area contributed by atoms with Crippen LogP contribution in [-0.2, 0) is 0 Å². The van der Waals surface area contributed by atoms with Crippen LogP contribution in [-0.4, -0.2) is 5.60 Å². The Labute approximate surface area is 179 Å². The van der Waals surface area contributed by atoms with Crippen molar-refractivity contribution in [2.24, 2.45) is 0 Å². The third-order valence-corrected chi connectivity index (χ3v) is 6.15. The zero-order chi connectivity index (χ0) is 21.4. The predicted octanol–water partition coefficient (Wildman–Crippen LogP) is 8.84. The lowest BCUT2D eigenvalue weighted by molar-refractivity contribution is 0.0472. The van der Waals surface area contributed by atoms with Gasteiger partial charge in [0.2, 0.25) is 0 Å². The first kappa shape index (κ1) is 23.5. The zero-order valence-electron chi connectivity index (χ0n) is 19.9. The van der Waals surface area contributed by atoms with Crippen LogP contribution in [0.25, 0.3) is 0 Å². The van der Waals surface area contributed by atoms with Crippen molar-refractivity contribution in [3.05, 3.63) is 64.3 Å². The average molecular weight is 395 g/mol. The van der Waals surface area contributed by atoms with E-state index in [1.165, 1.54) is 40.7 Å². The summed E-state index contributed by atoms with van der Waals surface area (Å²) >= 11 is 0. The summed E-state index contributed by atoms with van der Waals surface area (Å²) < 4.78 is 6.53. The van der Waals surface area contributed by atoms with Crippen LogP contribution in [0, 0.1) is 6.92 Å². The molecule has 1 heterocycles. The van der Waals surface area contributed by atoms with Gasteiger partial charge in [-0.1, -0.05) is 60.1 Å². The number of allylic oxidation sites excluding steroid dienone is 6. The van der Waals surface area contributed by atoms with Crippen molar-refractivity contribution < 1.29 is 4.74 Å². The maximum atomic E-state index is 6.53. The van der Waals surface area contributed by atoms with E-state index >= 15 is 0 Å². The van der Waals surface area contributed by atoms with E-state index < -0.39 is 0 Å². The molecule has 1 aliphatic heterocycles. The van der Waals surface area contributed by atoms with Gasteiger partial charge in [0.15, 0.2) is 0 Å². The molecule has 1 aromatic carbocycles. The Kier molecular flexibility index (Phi) is 8.80. The van der Waals surface area contributed by atoms with Gasteiger partial charge in [0, 0.05) is 0 Å². The van der Waals surface area contributed by atoms with Crippen LogP contribution in [0.5, 0.6) is 5.75 Å².